The quantitative estimate of drug-likeness (QED) is 0.350. The number of hydrogen-bond donors (Lipinski definition) is 3. The molecule has 0 amide bonds. The Kier molecular flexibility index (Phi) is 4.45. The second kappa shape index (κ2) is 6.27. The van der Waals surface area contributed by atoms with Crippen LogP contribution in [0.4, 0.5) is 0 Å². The van der Waals surface area contributed by atoms with Crippen LogP contribution in [0.25, 0.3) is 0 Å². The Labute approximate surface area is 120 Å². The minimum absolute atomic E-state index is 0.0850. The van der Waals surface area contributed by atoms with Gasteiger partial charge in [-0.15, -0.1) is 0 Å². The zero-order valence-electron chi connectivity index (χ0n) is 10.5. The average Bonchev–Trinajstić information content (AvgIpc) is 2.47. The Morgan fingerprint density at radius 2 is 1.95 bits per heavy atom. The number of hydrogen-bond acceptors (Lipinski definition) is 4. The number of nitrogens with zero attached hydrogens (tertiary/aromatic N) is 1. The molecule has 0 saturated carbocycles. The molecule has 0 aromatic heterocycles. The van der Waals surface area contributed by atoms with Crippen LogP contribution in [0, 0.1) is 0 Å². The first-order chi connectivity index (χ1) is 9.65. The Morgan fingerprint density at radius 3 is 2.65 bits per heavy atom. The fraction of sp³-hybridized carbons (Fsp3) is 0.0714. The van der Waals surface area contributed by atoms with Crippen LogP contribution in [0.3, 0.4) is 0 Å². The molecule has 104 valence electrons. The van der Waals surface area contributed by atoms with E-state index in [4.69, 9.17) is 27.3 Å². The molecule has 0 saturated heterocycles. The topological polar surface area (TPSA) is 88.1 Å². The fourth-order valence-corrected chi connectivity index (χ4v) is 1.86. The molecular formula is C14H13ClN2O3. The SMILES string of the molecule is NC(=NO)c1ccc(Cl)cc1Oc1ccccc1CO. The zero-order valence-corrected chi connectivity index (χ0v) is 11.2. The Morgan fingerprint density at radius 1 is 1.20 bits per heavy atom. The van der Waals surface area contributed by atoms with Crippen LogP contribution >= 0.6 is 11.6 Å². The van der Waals surface area contributed by atoms with Crippen LogP contribution in [-0.2, 0) is 6.61 Å². The molecule has 0 heterocycles. The maximum Gasteiger partial charge on any atom is 0.173 e. The van der Waals surface area contributed by atoms with Gasteiger partial charge < -0.3 is 20.8 Å². The lowest BCUT2D eigenvalue weighted by Gasteiger charge is -2.13. The van der Waals surface area contributed by atoms with Crippen LogP contribution in [0.15, 0.2) is 47.6 Å². The highest BCUT2D eigenvalue weighted by Crippen LogP contribution is 2.30. The van der Waals surface area contributed by atoms with Gasteiger partial charge in [0.25, 0.3) is 0 Å². The monoisotopic (exact) mass is 292 g/mol. The second-order valence-corrected chi connectivity index (χ2v) is 4.43. The van der Waals surface area contributed by atoms with Crippen molar-refractivity contribution in [2.24, 2.45) is 10.9 Å². The van der Waals surface area contributed by atoms with Crippen molar-refractivity contribution in [3.63, 3.8) is 0 Å². The van der Waals surface area contributed by atoms with E-state index in [0.717, 1.165) is 0 Å². The summed E-state index contributed by atoms with van der Waals surface area (Å²) in [7, 11) is 0. The summed E-state index contributed by atoms with van der Waals surface area (Å²) in [6, 6.07) is 11.8. The van der Waals surface area contributed by atoms with Crippen LogP contribution < -0.4 is 10.5 Å². The smallest absolute Gasteiger partial charge is 0.173 e. The molecule has 2 rings (SSSR count). The minimum atomic E-state index is -0.157. The van der Waals surface area contributed by atoms with Gasteiger partial charge in [-0.25, -0.2) is 0 Å². The number of nitrogens with two attached hydrogens (primary N) is 1. The molecule has 20 heavy (non-hydrogen) atoms. The minimum Gasteiger partial charge on any atom is -0.456 e. The summed E-state index contributed by atoms with van der Waals surface area (Å²) >= 11 is 5.93. The number of ether oxygens (including phenoxy) is 1. The van der Waals surface area contributed by atoms with E-state index < -0.39 is 0 Å². The molecule has 0 aliphatic heterocycles. The van der Waals surface area contributed by atoms with E-state index in [1.165, 1.54) is 0 Å². The molecule has 2 aromatic rings. The third-order valence-corrected chi connectivity index (χ3v) is 2.93. The molecule has 0 aliphatic rings. The first kappa shape index (κ1) is 14.2. The van der Waals surface area contributed by atoms with Gasteiger partial charge in [-0.05, 0) is 18.2 Å². The molecule has 4 N–H and O–H groups in total. The number of amidine groups is 1. The fourth-order valence-electron chi connectivity index (χ4n) is 1.70. The highest BCUT2D eigenvalue weighted by Gasteiger charge is 2.12. The maximum absolute atomic E-state index is 9.28. The van der Waals surface area contributed by atoms with Crippen molar-refractivity contribution in [1.82, 2.24) is 0 Å². The molecule has 2 aromatic carbocycles. The molecule has 5 nitrogen and oxygen atoms in total. The number of aliphatic hydroxyl groups is 1. The highest BCUT2D eigenvalue weighted by molar-refractivity contribution is 6.30. The predicted octanol–water partition coefficient (Wildman–Crippen LogP) is 2.72. The summed E-state index contributed by atoms with van der Waals surface area (Å²) < 4.78 is 5.72. The Balaban J connectivity index is 2.45. The standard InChI is InChI=1S/C14H13ClN2O3/c15-10-5-6-11(14(16)17-19)13(7-10)20-12-4-2-1-3-9(12)8-18/h1-7,18-19H,8H2,(H2,16,17). The number of para-hydroxylation sites is 1. The van der Waals surface area contributed by atoms with Gasteiger partial charge in [-0.1, -0.05) is 35.0 Å². The third kappa shape index (κ3) is 3.01. The summed E-state index contributed by atoms with van der Waals surface area (Å²) in [5, 5.41) is 21.5. The number of rotatable bonds is 4. The summed E-state index contributed by atoms with van der Waals surface area (Å²) in [5.41, 5.74) is 6.63. The van der Waals surface area contributed by atoms with E-state index in [-0.39, 0.29) is 12.4 Å². The van der Waals surface area contributed by atoms with E-state index in [2.05, 4.69) is 5.16 Å². The second-order valence-electron chi connectivity index (χ2n) is 3.99. The van der Waals surface area contributed by atoms with Crippen molar-refractivity contribution in [3.05, 3.63) is 58.6 Å². The molecule has 0 fully saturated rings. The van der Waals surface area contributed by atoms with Gasteiger partial charge in [-0.3, -0.25) is 0 Å². The van der Waals surface area contributed by atoms with Gasteiger partial charge in [0.15, 0.2) is 5.84 Å². The lowest BCUT2D eigenvalue weighted by atomic mass is 10.1. The molecular weight excluding hydrogens is 280 g/mol. The van der Waals surface area contributed by atoms with Crippen LogP contribution in [-0.4, -0.2) is 16.1 Å². The van der Waals surface area contributed by atoms with Crippen LogP contribution in [0.5, 0.6) is 11.5 Å². The van der Waals surface area contributed by atoms with E-state index in [9.17, 15) is 5.11 Å². The van der Waals surface area contributed by atoms with Crippen LogP contribution in [0.2, 0.25) is 5.02 Å². The maximum atomic E-state index is 9.28. The van der Waals surface area contributed by atoms with Gasteiger partial charge in [0.1, 0.15) is 11.5 Å². The molecule has 0 atom stereocenters. The molecule has 0 radical (unpaired) electrons. The van der Waals surface area contributed by atoms with Gasteiger partial charge in [0.05, 0.1) is 12.2 Å². The predicted molar refractivity (Wildman–Crippen MR) is 76.4 cm³/mol. The van der Waals surface area contributed by atoms with Gasteiger partial charge >= 0.3 is 0 Å². The Hall–Kier alpha value is -2.24. The largest absolute Gasteiger partial charge is 0.456 e. The molecule has 0 unspecified atom stereocenters. The molecule has 0 spiro atoms. The van der Waals surface area contributed by atoms with E-state index in [1.54, 1.807) is 42.5 Å². The highest BCUT2D eigenvalue weighted by atomic mass is 35.5. The van der Waals surface area contributed by atoms with Crippen LogP contribution in [0.1, 0.15) is 11.1 Å². The lowest BCUT2D eigenvalue weighted by molar-refractivity contribution is 0.276. The third-order valence-electron chi connectivity index (χ3n) is 2.69. The van der Waals surface area contributed by atoms with E-state index >= 15 is 0 Å². The average molecular weight is 293 g/mol. The van der Waals surface area contributed by atoms with E-state index in [0.29, 0.717) is 27.6 Å². The number of halogens is 1. The van der Waals surface area contributed by atoms with Crippen molar-refractivity contribution in [2.45, 2.75) is 6.61 Å². The first-order valence-corrected chi connectivity index (χ1v) is 6.17. The van der Waals surface area contributed by atoms with Crippen molar-refractivity contribution < 1.29 is 15.1 Å². The number of aliphatic hydroxyl groups excluding tert-OH is 1. The van der Waals surface area contributed by atoms with Crippen molar-refractivity contribution in [1.29, 1.82) is 0 Å². The Bertz CT molecular complexity index is 644. The molecule has 0 aliphatic carbocycles. The lowest BCUT2D eigenvalue weighted by Crippen LogP contribution is -2.14. The van der Waals surface area contributed by atoms with Crippen molar-refractivity contribution >= 4 is 17.4 Å². The molecule has 0 bridgehead atoms. The van der Waals surface area contributed by atoms with Gasteiger partial charge in [0, 0.05) is 16.7 Å². The summed E-state index contributed by atoms with van der Waals surface area (Å²) in [4.78, 5) is 0. The zero-order chi connectivity index (χ0) is 14.5. The number of oxime groups is 1. The summed E-state index contributed by atoms with van der Waals surface area (Å²) in [6.07, 6.45) is 0. The van der Waals surface area contributed by atoms with Gasteiger partial charge in [0.2, 0.25) is 0 Å². The van der Waals surface area contributed by atoms with E-state index in [1.807, 2.05) is 0 Å². The van der Waals surface area contributed by atoms with Crippen molar-refractivity contribution in [2.75, 3.05) is 0 Å². The normalized spacial score (nSPS) is 11.4. The number of benzene rings is 2. The summed E-state index contributed by atoms with van der Waals surface area (Å²) in [6.45, 7) is -0.157. The van der Waals surface area contributed by atoms with Gasteiger partial charge in [-0.2, -0.15) is 0 Å². The molecule has 6 heteroatoms. The van der Waals surface area contributed by atoms with Crippen molar-refractivity contribution in [3.8, 4) is 11.5 Å². The summed E-state index contributed by atoms with van der Waals surface area (Å²) in [5.74, 6) is 0.733. The first-order valence-electron chi connectivity index (χ1n) is 5.79.